The van der Waals surface area contributed by atoms with Crippen LogP contribution in [0.15, 0.2) is 50.4 Å². The maximum Gasteiger partial charge on any atom is 0.271 e. The fourth-order valence-electron chi connectivity index (χ4n) is 1.89. The molecule has 0 unspecified atom stereocenters. The van der Waals surface area contributed by atoms with Crippen LogP contribution in [0.25, 0.3) is 0 Å². The Morgan fingerprint density at radius 1 is 1.18 bits per heavy atom. The summed E-state index contributed by atoms with van der Waals surface area (Å²) in [5.74, 6) is 1.06. The molecule has 0 bridgehead atoms. The van der Waals surface area contributed by atoms with E-state index < -0.39 is 0 Å². The Morgan fingerprint density at radius 3 is 2.73 bits per heavy atom. The smallest absolute Gasteiger partial charge is 0.271 e. The number of hydrogen-bond donors (Lipinski definition) is 1. The van der Waals surface area contributed by atoms with Crippen molar-refractivity contribution < 1.29 is 14.3 Å². The third kappa shape index (κ3) is 3.31. The fourth-order valence-corrected chi connectivity index (χ4v) is 2.71. The maximum atomic E-state index is 12.0. The molecule has 22 heavy (non-hydrogen) atoms. The number of halogens is 2. The molecule has 112 valence electrons. The SMILES string of the molecule is O=C(N/N=C/c1cc2c(cc1Br)OCO2)c1cccc(Br)c1. The zero-order valence-electron chi connectivity index (χ0n) is 11.2. The van der Waals surface area contributed by atoms with E-state index in [1.165, 1.54) is 0 Å². The Morgan fingerprint density at radius 2 is 1.95 bits per heavy atom. The van der Waals surface area contributed by atoms with Crippen LogP contribution in [0.2, 0.25) is 0 Å². The lowest BCUT2D eigenvalue weighted by atomic mass is 10.2. The number of nitrogens with one attached hydrogen (secondary N) is 1. The minimum atomic E-state index is -0.283. The molecule has 1 N–H and O–H groups in total. The summed E-state index contributed by atoms with van der Waals surface area (Å²) < 4.78 is 12.2. The van der Waals surface area contributed by atoms with E-state index in [1.54, 1.807) is 36.5 Å². The minimum absolute atomic E-state index is 0.210. The van der Waals surface area contributed by atoms with Gasteiger partial charge in [0.25, 0.3) is 5.91 Å². The van der Waals surface area contributed by atoms with Gasteiger partial charge in [-0.2, -0.15) is 5.10 Å². The van der Waals surface area contributed by atoms with Gasteiger partial charge in [0, 0.05) is 20.1 Å². The van der Waals surface area contributed by atoms with E-state index in [-0.39, 0.29) is 12.7 Å². The maximum absolute atomic E-state index is 12.0. The molecule has 2 aromatic carbocycles. The Balaban J connectivity index is 1.71. The molecule has 3 rings (SSSR count). The highest BCUT2D eigenvalue weighted by Gasteiger charge is 2.15. The van der Waals surface area contributed by atoms with Crippen LogP contribution in [0.3, 0.4) is 0 Å². The molecular formula is C15H10Br2N2O3. The molecule has 0 spiro atoms. The quantitative estimate of drug-likeness (QED) is 0.602. The van der Waals surface area contributed by atoms with Crippen molar-refractivity contribution in [2.75, 3.05) is 6.79 Å². The second kappa shape index (κ2) is 6.50. The van der Waals surface area contributed by atoms with Gasteiger partial charge < -0.3 is 9.47 Å². The largest absolute Gasteiger partial charge is 0.454 e. The van der Waals surface area contributed by atoms with Crippen molar-refractivity contribution in [3.63, 3.8) is 0 Å². The minimum Gasteiger partial charge on any atom is -0.454 e. The van der Waals surface area contributed by atoms with Gasteiger partial charge in [-0.05, 0) is 46.3 Å². The third-order valence-electron chi connectivity index (χ3n) is 2.95. The Kier molecular flexibility index (Phi) is 4.44. The van der Waals surface area contributed by atoms with Gasteiger partial charge in [0.05, 0.1) is 6.21 Å². The first kappa shape index (κ1) is 15.1. The molecule has 0 fully saturated rings. The molecule has 0 saturated carbocycles. The van der Waals surface area contributed by atoms with Crippen LogP contribution < -0.4 is 14.9 Å². The highest BCUT2D eigenvalue weighted by molar-refractivity contribution is 9.10. The van der Waals surface area contributed by atoms with Crippen LogP contribution >= 0.6 is 31.9 Å². The number of benzene rings is 2. The molecule has 2 aromatic rings. The van der Waals surface area contributed by atoms with E-state index in [0.29, 0.717) is 17.1 Å². The van der Waals surface area contributed by atoms with Gasteiger partial charge >= 0.3 is 0 Å². The normalized spacial score (nSPS) is 12.6. The molecule has 0 aliphatic carbocycles. The van der Waals surface area contributed by atoms with Crippen molar-refractivity contribution in [2.45, 2.75) is 0 Å². The van der Waals surface area contributed by atoms with Crippen molar-refractivity contribution in [1.82, 2.24) is 5.43 Å². The van der Waals surface area contributed by atoms with E-state index >= 15 is 0 Å². The fraction of sp³-hybridized carbons (Fsp3) is 0.0667. The number of amides is 1. The lowest BCUT2D eigenvalue weighted by molar-refractivity contribution is 0.0955. The van der Waals surface area contributed by atoms with Crippen LogP contribution in [0.4, 0.5) is 0 Å². The summed E-state index contributed by atoms with van der Waals surface area (Å²) in [7, 11) is 0. The lowest BCUT2D eigenvalue weighted by Crippen LogP contribution is -2.17. The van der Waals surface area contributed by atoms with Crippen LogP contribution in [-0.4, -0.2) is 18.9 Å². The molecule has 1 aliphatic rings. The summed E-state index contributed by atoms with van der Waals surface area (Å²) in [6.07, 6.45) is 1.54. The predicted molar refractivity (Wildman–Crippen MR) is 89.5 cm³/mol. The summed E-state index contributed by atoms with van der Waals surface area (Å²) in [6.45, 7) is 0.210. The standard InChI is InChI=1S/C15H10Br2N2O3/c16-11-3-1-2-9(4-11)15(20)19-18-7-10-5-13-14(6-12(10)17)22-8-21-13/h1-7H,8H2,(H,19,20)/b18-7+. The molecule has 0 atom stereocenters. The van der Waals surface area contributed by atoms with E-state index in [2.05, 4.69) is 42.4 Å². The Bertz CT molecular complexity index is 762. The highest BCUT2D eigenvalue weighted by atomic mass is 79.9. The molecular weight excluding hydrogens is 416 g/mol. The van der Waals surface area contributed by atoms with Crippen molar-refractivity contribution >= 4 is 44.0 Å². The number of carbonyl (C=O) groups excluding carboxylic acids is 1. The van der Waals surface area contributed by atoms with Crippen molar-refractivity contribution in [2.24, 2.45) is 5.10 Å². The number of fused-ring (bicyclic) bond motifs is 1. The molecule has 7 heteroatoms. The summed E-state index contributed by atoms with van der Waals surface area (Å²) in [5.41, 5.74) is 3.79. The average Bonchev–Trinajstić information content (AvgIpc) is 2.94. The lowest BCUT2D eigenvalue weighted by Gasteiger charge is -2.02. The first-order valence-corrected chi connectivity index (χ1v) is 7.90. The highest BCUT2D eigenvalue weighted by Crippen LogP contribution is 2.36. The number of hydrazone groups is 1. The number of carbonyl (C=O) groups is 1. The van der Waals surface area contributed by atoms with Gasteiger partial charge in [-0.15, -0.1) is 0 Å². The first-order chi connectivity index (χ1) is 10.6. The van der Waals surface area contributed by atoms with Crippen LogP contribution in [0.1, 0.15) is 15.9 Å². The molecule has 0 aromatic heterocycles. The molecule has 0 radical (unpaired) electrons. The summed E-state index contributed by atoms with van der Waals surface area (Å²) in [5, 5.41) is 3.97. The second-order valence-electron chi connectivity index (χ2n) is 4.44. The van der Waals surface area contributed by atoms with Gasteiger partial charge in [0.2, 0.25) is 6.79 Å². The van der Waals surface area contributed by atoms with Gasteiger partial charge in [-0.1, -0.05) is 22.0 Å². The molecule has 5 nitrogen and oxygen atoms in total. The summed E-state index contributed by atoms with van der Waals surface area (Å²) in [6, 6.07) is 10.7. The van der Waals surface area contributed by atoms with Crippen molar-refractivity contribution in [1.29, 1.82) is 0 Å². The second-order valence-corrected chi connectivity index (χ2v) is 6.21. The first-order valence-electron chi connectivity index (χ1n) is 6.31. The van der Waals surface area contributed by atoms with Crippen molar-refractivity contribution in [3.8, 4) is 11.5 Å². The van der Waals surface area contributed by atoms with Crippen LogP contribution in [0, 0.1) is 0 Å². The van der Waals surface area contributed by atoms with Crippen molar-refractivity contribution in [3.05, 3.63) is 56.5 Å². The summed E-state index contributed by atoms with van der Waals surface area (Å²) >= 11 is 6.75. The van der Waals surface area contributed by atoms with E-state index in [0.717, 1.165) is 14.5 Å². The average molecular weight is 426 g/mol. The predicted octanol–water partition coefficient (Wildman–Crippen LogP) is 3.70. The Labute approximate surface area is 143 Å². The third-order valence-corrected chi connectivity index (χ3v) is 4.13. The zero-order valence-corrected chi connectivity index (χ0v) is 14.3. The Hall–Kier alpha value is -1.86. The molecule has 1 heterocycles. The van der Waals surface area contributed by atoms with Gasteiger partial charge in [0.15, 0.2) is 11.5 Å². The number of nitrogens with zero attached hydrogens (tertiary/aromatic N) is 1. The number of rotatable bonds is 3. The molecule has 1 amide bonds. The van der Waals surface area contributed by atoms with Gasteiger partial charge in [-0.25, -0.2) is 5.43 Å². The molecule has 0 saturated heterocycles. The van der Waals surface area contributed by atoms with Crippen LogP contribution in [0.5, 0.6) is 11.5 Å². The van der Waals surface area contributed by atoms with E-state index in [1.807, 2.05) is 6.07 Å². The number of hydrogen-bond acceptors (Lipinski definition) is 4. The van der Waals surface area contributed by atoms with Crippen LogP contribution in [-0.2, 0) is 0 Å². The van der Waals surface area contributed by atoms with E-state index in [9.17, 15) is 4.79 Å². The monoisotopic (exact) mass is 424 g/mol. The molecule has 1 aliphatic heterocycles. The zero-order chi connectivity index (χ0) is 15.5. The topological polar surface area (TPSA) is 59.9 Å². The summed E-state index contributed by atoms with van der Waals surface area (Å²) in [4.78, 5) is 12.0. The van der Waals surface area contributed by atoms with Gasteiger partial charge in [0.1, 0.15) is 0 Å². The van der Waals surface area contributed by atoms with Gasteiger partial charge in [-0.3, -0.25) is 4.79 Å². The number of ether oxygens (including phenoxy) is 2. The van der Waals surface area contributed by atoms with E-state index in [4.69, 9.17) is 9.47 Å².